The Morgan fingerprint density at radius 2 is 1.33 bits per heavy atom. The molecule has 0 aromatic heterocycles. The van der Waals surface area contributed by atoms with E-state index in [4.69, 9.17) is 10.2 Å². The van der Waals surface area contributed by atoms with E-state index in [-0.39, 0.29) is 0 Å². The van der Waals surface area contributed by atoms with Crippen molar-refractivity contribution in [1.82, 2.24) is 0 Å². The molecule has 2 rings (SSSR count). The van der Waals surface area contributed by atoms with Gasteiger partial charge in [0.2, 0.25) is 0 Å². The molecule has 3 heteroatoms. The molecule has 2 aromatic carbocycles. The fraction of sp³-hybridized carbons (Fsp3) is 0.200. The molecule has 0 aliphatic carbocycles. The van der Waals surface area contributed by atoms with Crippen molar-refractivity contribution in [2.75, 3.05) is 0 Å². The average Bonchev–Trinajstić information content (AvgIpc) is 2.43. The van der Waals surface area contributed by atoms with Crippen molar-refractivity contribution in [3.8, 4) is 0 Å². The molecule has 0 saturated carbocycles. The Morgan fingerprint density at radius 3 is 1.61 bits per heavy atom. The summed E-state index contributed by atoms with van der Waals surface area (Å²) in [6.45, 7) is 2.11. The van der Waals surface area contributed by atoms with E-state index < -0.39 is 0 Å². The summed E-state index contributed by atoms with van der Waals surface area (Å²) in [5, 5.41) is 3.89. The zero-order valence-electron chi connectivity index (χ0n) is 10.4. The molecule has 0 atom stereocenters. The van der Waals surface area contributed by atoms with Crippen LogP contribution in [0.15, 0.2) is 60.7 Å². The van der Waals surface area contributed by atoms with Crippen LogP contribution in [0.4, 0.5) is 0 Å². The van der Waals surface area contributed by atoms with Gasteiger partial charge in [0.1, 0.15) is 0 Å². The van der Waals surface area contributed by atoms with Gasteiger partial charge in [0.15, 0.2) is 0 Å². The van der Waals surface area contributed by atoms with E-state index in [0.29, 0.717) is 0 Å². The number of rotatable bonds is 4. The molecule has 0 unspecified atom stereocenters. The number of hydrogen-bond acceptors (Lipinski definition) is 0. The van der Waals surface area contributed by atoms with Crippen molar-refractivity contribution in [3.63, 3.8) is 0 Å². The third-order valence-electron chi connectivity index (χ3n) is 2.05. The van der Waals surface area contributed by atoms with E-state index in [1.807, 2.05) is 0 Å². The van der Waals surface area contributed by atoms with Gasteiger partial charge in [-0.3, -0.25) is 0 Å². The van der Waals surface area contributed by atoms with Gasteiger partial charge in [0.25, 0.3) is 0 Å². The summed E-state index contributed by atoms with van der Waals surface area (Å²) < 4.78 is 0. The zero-order chi connectivity index (χ0) is 13.1. The van der Waals surface area contributed by atoms with Gasteiger partial charge in [0, 0.05) is 0 Å². The van der Waals surface area contributed by atoms with E-state index in [2.05, 4.69) is 67.6 Å². The van der Waals surface area contributed by atoms with Crippen molar-refractivity contribution in [3.05, 3.63) is 60.7 Å². The molecular formula is C15H18ClNiP. The quantitative estimate of drug-likeness (QED) is 0.579. The first-order chi connectivity index (χ1) is 8.86. The van der Waals surface area contributed by atoms with Crippen LogP contribution in [0.1, 0.15) is 13.3 Å². The van der Waals surface area contributed by atoms with Gasteiger partial charge in [-0.15, -0.1) is 0 Å². The maximum absolute atomic E-state index is 5.24. The summed E-state index contributed by atoms with van der Waals surface area (Å²) >= 11 is 1.23. The molecule has 2 aromatic rings. The van der Waals surface area contributed by atoms with Gasteiger partial charge in [-0.2, -0.15) is 0 Å². The molecule has 0 bridgehead atoms. The number of benzene rings is 2. The van der Waals surface area contributed by atoms with Gasteiger partial charge >= 0.3 is 42.5 Å². The van der Waals surface area contributed by atoms with Crippen LogP contribution in [0.25, 0.3) is 0 Å². The first-order valence-corrected chi connectivity index (χ1v) is 8.93. The van der Waals surface area contributed by atoms with Crippen LogP contribution >= 0.6 is 18.8 Å². The Hall–Kier alpha value is -0.346. The van der Waals surface area contributed by atoms with Crippen LogP contribution in [0.3, 0.4) is 0 Å². The molecule has 0 heterocycles. The SMILES string of the molecule is CC[CH2][Ni][Cl].c1ccc(Pc2ccccc2)cc1. The smallest absolute Gasteiger partial charge is 0.0226 e. The van der Waals surface area contributed by atoms with Crippen molar-refractivity contribution in [1.29, 1.82) is 0 Å². The van der Waals surface area contributed by atoms with Crippen molar-refractivity contribution in [2.24, 2.45) is 0 Å². The van der Waals surface area contributed by atoms with Crippen LogP contribution in [0.5, 0.6) is 0 Å². The van der Waals surface area contributed by atoms with Crippen LogP contribution in [0.2, 0.25) is 5.39 Å². The maximum Gasteiger partial charge on any atom is -0.0226 e. The minimum absolute atomic E-state index is 0.777. The van der Waals surface area contributed by atoms with Gasteiger partial charge in [0.05, 0.1) is 0 Å². The van der Waals surface area contributed by atoms with Crippen molar-refractivity contribution in [2.45, 2.75) is 18.7 Å². The maximum atomic E-state index is 5.24. The van der Waals surface area contributed by atoms with Crippen LogP contribution in [-0.4, -0.2) is 0 Å². The molecule has 0 nitrogen and oxygen atoms in total. The summed E-state index contributed by atoms with van der Waals surface area (Å²) in [7, 11) is 6.02. The minimum Gasteiger partial charge on any atom is -0.0622 e. The molecule has 0 saturated heterocycles. The second kappa shape index (κ2) is 10.6. The second-order valence-electron chi connectivity index (χ2n) is 3.60. The Balaban J connectivity index is 0.000000280. The molecule has 0 N–H and O–H groups in total. The summed E-state index contributed by atoms with van der Waals surface area (Å²) in [6, 6.07) is 21.2. The van der Waals surface area contributed by atoms with E-state index in [9.17, 15) is 0 Å². The van der Waals surface area contributed by atoms with Crippen molar-refractivity contribution >= 4 is 29.4 Å². The number of hydrogen-bond donors (Lipinski definition) is 0. The fourth-order valence-electron chi connectivity index (χ4n) is 1.27. The molecule has 100 valence electrons. The van der Waals surface area contributed by atoms with Gasteiger partial charge < -0.3 is 0 Å². The summed E-state index contributed by atoms with van der Waals surface area (Å²) in [4.78, 5) is 0. The second-order valence-corrected chi connectivity index (χ2v) is 6.46. The first kappa shape index (κ1) is 15.7. The first-order valence-electron chi connectivity index (χ1n) is 5.87. The van der Waals surface area contributed by atoms with Crippen LogP contribution in [0, 0.1) is 0 Å². The molecule has 0 aliphatic rings. The third-order valence-corrected chi connectivity index (χ3v) is 4.47. The van der Waals surface area contributed by atoms with E-state index in [0.717, 1.165) is 14.0 Å². The van der Waals surface area contributed by atoms with Gasteiger partial charge in [-0.25, -0.2) is 0 Å². The summed E-state index contributed by atoms with van der Waals surface area (Å²) in [5.74, 6) is 0. The van der Waals surface area contributed by atoms with Gasteiger partial charge in [-0.1, -0.05) is 69.2 Å². The van der Waals surface area contributed by atoms with E-state index >= 15 is 0 Å². The topological polar surface area (TPSA) is 0 Å². The molecule has 0 aliphatic heterocycles. The van der Waals surface area contributed by atoms with Crippen LogP contribution in [-0.2, 0) is 13.5 Å². The Kier molecular flexibility index (Phi) is 9.22. The van der Waals surface area contributed by atoms with Gasteiger partial charge in [-0.05, 0) is 10.6 Å². The Morgan fingerprint density at radius 1 is 0.889 bits per heavy atom. The Bertz CT molecular complexity index is 366. The normalized spacial score (nSPS) is 9.67. The number of halogens is 1. The largest absolute Gasteiger partial charge is 0.0622 e. The third kappa shape index (κ3) is 7.17. The molecule has 0 fully saturated rings. The summed E-state index contributed by atoms with van der Waals surface area (Å²) in [5.41, 5.74) is 0. The predicted molar refractivity (Wildman–Crippen MR) is 81.4 cm³/mol. The van der Waals surface area contributed by atoms with E-state index in [1.165, 1.54) is 30.6 Å². The standard InChI is InChI=1S/C12H11P.C3H7.ClH.Ni/c1-3-7-11(8-4-1)13-12-9-5-2-6-10-12;1-3-2;;/h1-10,13H;1,3H2,2H3;1H;/q;;;+1/p-1. The Labute approximate surface area is 122 Å². The molecule has 0 spiro atoms. The fourth-order valence-corrected chi connectivity index (χ4v) is 3.00. The average molecular weight is 323 g/mol. The molecule has 0 radical (unpaired) electrons. The summed E-state index contributed by atoms with van der Waals surface area (Å²) in [6.07, 6.45) is 1.18. The molecule has 0 amide bonds. The van der Waals surface area contributed by atoms with Crippen molar-refractivity contribution < 1.29 is 13.5 Å². The monoisotopic (exact) mass is 322 g/mol. The van der Waals surface area contributed by atoms with E-state index in [1.54, 1.807) is 0 Å². The minimum atomic E-state index is 0.777. The molecular weight excluding hydrogens is 305 g/mol. The zero-order valence-corrected chi connectivity index (χ0v) is 13.1. The molecule has 18 heavy (non-hydrogen) atoms. The van der Waals surface area contributed by atoms with Crippen LogP contribution < -0.4 is 10.6 Å². The predicted octanol–water partition coefficient (Wildman–Crippen LogP) is 4.37.